The zero-order valence-corrected chi connectivity index (χ0v) is 10.7. The van der Waals surface area contributed by atoms with Crippen LogP contribution in [0, 0.1) is 0 Å². The molecule has 1 aliphatic rings. The molecule has 1 rings (SSSR count). The average Bonchev–Trinajstić information content (AvgIpc) is 2.27. The van der Waals surface area contributed by atoms with Crippen LogP contribution in [0.2, 0.25) is 0 Å². The van der Waals surface area contributed by atoms with Crippen molar-refractivity contribution in [3.05, 3.63) is 0 Å². The number of aliphatic imine (C=N–C) groups is 1. The van der Waals surface area contributed by atoms with E-state index in [1.165, 1.54) is 0 Å². The number of rotatable bonds is 0. The topological polar surface area (TPSA) is 61.9 Å². The van der Waals surface area contributed by atoms with Gasteiger partial charge in [-0.15, -0.1) is 0 Å². The van der Waals surface area contributed by atoms with Crippen molar-refractivity contribution < 1.29 is 4.79 Å². The van der Waals surface area contributed by atoms with Gasteiger partial charge in [0.2, 0.25) is 5.91 Å². The van der Waals surface area contributed by atoms with E-state index in [1.54, 1.807) is 4.90 Å². The van der Waals surface area contributed by atoms with Crippen LogP contribution < -0.4 is 5.73 Å². The van der Waals surface area contributed by atoms with Crippen molar-refractivity contribution in [2.24, 2.45) is 10.7 Å². The highest BCUT2D eigenvalue weighted by molar-refractivity contribution is 5.86. The Kier molecular flexibility index (Phi) is 3.78. The van der Waals surface area contributed by atoms with Crippen LogP contribution in [0.5, 0.6) is 0 Å². The minimum atomic E-state index is -0.203. The van der Waals surface area contributed by atoms with Crippen molar-refractivity contribution in [3.63, 3.8) is 0 Å². The summed E-state index contributed by atoms with van der Waals surface area (Å²) in [6.45, 7) is 7.89. The summed E-state index contributed by atoms with van der Waals surface area (Å²) in [6.07, 6.45) is 0.933. The van der Waals surface area contributed by atoms with Gasteiger partial charge in [-0.1, -0.05) is 0 Å². The molecule has 0 spiro atoms. The van der Waals surface area contributed by atoms with Gasteiger partial charge in [0.15, 0.2) is 5.96 Å². The molecule has 0 aromatic carbocycles. The second-order valence-corrected chi connectivity index (χ2v) is 5.23. The molecule has 0 aromatic heterocycles. The number of carbonyl (C=O) groups excluding carboxylic acids is 1. The maximum absolute atomic E-state index is 11.7. The Labute approximate surface area is 97.3 Å². The van der Waals surface area contributed by atoms with E-state index in [1.807, 2.05) is 32.7 Å². The summed E-state index contributed by atoms with van der Waals surface area (Å²) in [5.41, 5.74) is 5.71. The highest BCUT2D eigenvalue weighted by Gasteiger charge is 2.21. The number of guanidine groups is 1. The van der Waals surface area contributed by atoms with Crippen molar-refractivity contribution in [2.45, 2.75) is 32.7 Å². The molecule has 1 heterocycles. The number of nitrogens with two attached hydrogens (primary N) is 1. The van der Waals surface area contributed by atoms with Gasteiger partial charge in [-0.25, -0.2) is 4.99 Å². The molecule has 0 bridgehead atoms. The van der Waals surface area contributed by atoms with Gasteiger partial charge in [0.1, 0.15) is 0 Å². The molecule has 0 unspecified atom stereocenters. The first kappa shape index (κ1) is 12.8. The molecule has 1 amide bonds. The number of hydrogen-bond acceptors (Lipinski definition) is 2. The van der Waals surface area contributed by atoms with Crippen LogP contribution in [-0.2, 0) is 4.79 Å². The van der Waals surface area contributed by atoms with Crippen LogP contribution >= 0.6 is 0 Å². The third kappa shape index (κ3) is 3.72. The second-order valence-electron chi connectivity index (χ2n) is 5.23. The zero-order chi connectivity index (χ0) is 12.3. The predicted molar refractivity (Wildman–Crippen MR) is 65.2 cm³/mol. The van der Waals surface area contributed by atoms with Gasteiger partial charge < -0.3 is 15.5 Å². The van der Waals surface area contributed by atoms with Crippen LogP contribution in [0.1, 0.15) is 27.2 Å². The fourth-order valence-electron chi connectivity index (χ4n) is 1.60. The third-order valence-corrected chi connectivity index (χ3v) is 2.45. The molecule has 0 atom stereocenters. The van der Waals surface area contributed by atoms with Crippen LogP contribution in [0.25, 0.3) is 0 Å². The van der Waals surface area contributed by atoms with Crippen LogP contribution in [-0.4, -0.2) is 53.9 Å². The van der Waals surface area contributed by atoms with E-state index in [-0.39, 0.29) is 11.4 Å². The molecule has 16 heavy (non-hydrogen) atoms. The van der Waals surface area contributed by atoms with Gasteiger partial charge in [-0.05, 0) is 27.2 Å². The van der Waals surface area contributed by atoms with Crippen LogP contribution in [0.4, 0.5) is 0 Å². The van der Waals surface area contributed by atoms with Gasteiger partial charge in [0, 0.05) is 20.1 Å². The highest BCUT2D eigenvalue weighted by Crippen LogP contribution is 2.08. The Morgan fingerprint density at radius 2 is 2.00 bits per heavy atom. The lowest BCUT2D eigenvalue weighted by Gasteiger charge is -2.23. The van der Waals surface area contributed by atoms with E-state index in [0.717, 1.165) is 19.5 Å². The normalized spacial score (nSPS) is 20.0. The van der Waals surface area contributed by atoms with Crippen LogP contribution in [0.3, 0.4) is 0 Å². The summed E-state index contributed by atoms with van der Waals surface area (Å²) in [7, 11) is 1.82. The molecule has 0 aliphatic carbocycles. The SMILES string of the molecule is CN1CCCN(C(N)=NC(C)(C)C)CC1=O. The van der Waals surface area contributed by atoms with E-state index in [0.29, 0.717) is 12.5 Å². The first-order valence-corrected chi connectivity index (χ1v) is 5.64. The van der Waals surface area contributed by atoms with Gasteiger partial charge >= 0.3 is 0 Å². The lowest BCUT2D eigenvalue weighted by atomic mass is 10.1. The minimum Gasteiger partial charge on any atom is -0.370 e. The fraction of sp³-hybridized carbons (Fsp3) is 0.818. The molecule has 0 radical (unpaired) electrons. The largest absolute Gasteiger partial charge is 0.370 e. The van der Waals surface area contributed by atoms with Gasteiger partial charge in [0.25, 0.3) is 0 Å². The Bertz CT molecular complexity index is 293. The van der Waals surface area contributed by atoms with E-state index < -0.39 is 0 Å². The Morgan fingerprint density at radius 3 is 2.56 bits per heavy atom. The van der Waals surface area contributed by atoms with E-state index in [4.69, 9.17) is 5.73 Å². The molecule has 92 valence electrons. The van der Waals surface area contributed by atoms with Gasteiger partial charge in [-0.2, -0.15) is 0 Å². The monoisotopic (exact) mass is 226 g/mol. The summed E-state index contributed by atoms with van der Waals surface area (Å²) >= 11 is 0. The minimum absolute atomic E-state index is 0.101. The first-order chi connectivity index (χ1) is 7.29. The molecule has 2 N–H and O–H groups in total. The van der Waals surface area contributed by atoms with Crippen molar-refractivity contribution >= 4 is 11.9 Å². The zero-order valence-electron chi connectivity index (χ0n) is 10.7. The molecular weight excluding hydrogens is 204 g/mol. The van der Waals surface area contributed by atoms with E-state index in [2.05, 4.69) is 4.99 Å². The maximum Gasteiger partial charge on any atom is 0.241 e. The lowest BCUT2D eigenvalue weighted by molar-refractivity contribution is -0.129. The number of carbonyl (C=O) groups is 1. The van der Waals surface area contributed by atoms with Gasteiger partial charge in [0.05, 0.1) is 12.1 Å². The Hall–Kier alpha value is -1.26. The maximum atomic E-state index is 11.7. The summed E-state index contributed by atoms with van der Waals surface area (Å²) in [4.78, 5) is 19.7. The highest BCUT2D eigenvalue weighted by atomic mass is 16.2. The Morgan fingerprint density at radius 1 is 1.38 bits per heavy atom. The number of likely N-dealkylation sites (N-methyl/N-ethyl adjacent to an activating group) is 1. The Balaban J connectivity index is 2.73. The molecule has 0 saturated carbocycles. The molecule has 1 saturated heterocycles. The number of amides is 1. The fourth-order valence-corrected chi connectivity index (χ4v) is 1.60. The molecule has 1 fully saturated rings. The molecular formula is C11H22N4O. The van der Waals surface area contributed by atoms with Crippen molar-refractivity contribution in [1.29, 1.82) is 0 Å². The van der Waals surface area contributed by atoms with Crippen molar-refractivity contribution in [1.82, 2.24) is 9.80 Å². The smallest absolute Gasteiger partial charge is 0.241 e. The summed E-state index contributed by atoms with van der Waals surface area (Å²) in [6, 6.07) is 0. The summed E-state index contributed by atoms with van der Waals surface area (Å²) in [5.74, 6) is 0.570. The van der Waals surface area contributed by atoms with E-state index >= 15 is 0 Å². The van der Waals surface area contributed by atoms with Crippen LogP contribution in [0.15, 0.2) is 4.99 Å². The van der Waals surface area contributed by atoms with Crippen molar-refractivity contribution in [3.8, 4) is 0 Å². The molecule has 1 aliphatic heterocycles. The predicted octanol–water partition coefficient (Wildman–Crippen LogP) is 0.264. The summed E-state index contributed by atoms with van der Waals surface area (Å²) < 4.78 is 0. The quantitative estimate of drug-likeness (QED) is 0.476. The molecule has 5 heteroatoms. The van der Waals surface area contributed by atoms with Gasteiger partial charge in [-0.3, -0.25) is 4.79 Å². The number of nitrogens with zero attached hydrogens (tertiary/aromatic N) is 3. The molecule has 5 nitrogen and oxygen atoms in total. The third-order valence-electron chi connectivity index (χ3n) is 2.45. The second kappa shape index (κ2) is 4.72. The van der Waals surface area contributed by atoms with Crippen molar-refractivity contribution in [2.75, 3.05) is 26.7 Å². The first-order valence-electron chi connectivity index (χ1n) is 5.64. The standard InChI is InChI=1S/C11H22N4O/c1-11(2,3)13-10(12)15-7-5-6-14(4)9(16)8-15/h5-8H2,1-4H3,(H2,12,13). The van der Waals surface area contributed by atoms with E-state index in [9.17, 15) is 4.79 Å². The number of hydrogen-bond donors (Lipinski definition) is 1. The summed E-state index contributed by atoms with van der Waals surface area (Å²) in [5, 5.41) is 0. The average molecular weight is 226 g/mol. The molecule has 0 aromatic rings. The lowest BCUT2D eigenvalue weighted by Crippen LogP contribution is -2.43.